The maximum Gasteiger partial charge on any atom is 0.341 e. The van der Waals surface area contributed by atoms with Crippen LogP contribution in [-0.4, -0.2) is 24.2 Å². The van der Waals surface area contributed by atoms with Gasteiger partial charge in [0, 0.05) is 17.0 Å². The Balaban J connectivity index is 1.33. The molecule has 1 aromatic heterocycles. The van der Waals surface area contributed by atoms with Crippen LogP contribution in [0.4, 0.5) is 5.00 Å². The number of rotatable bonds is 6. The van der Waals surface area contributed by atoms with Crippen LogP contribution in [0.25, 0.3) is 11.1 Å². The van der Waals surface area contributed by atoms with E-state index >= 15 is 0 Å². The Hall–Kier alpha value is -1.92. The van der Waals surface area contributed by atoms with Gasteiger partial charge >= 0.3 is 5.97 Å². The molecule has 6 heteroatoms. The number of carbonyl (C=O) groups is 1. The van der Waals surface area contributed by atoms with Gasteiger partial charge in [0.1, 0.15) is 10.6 Å². The number of hydrogen-bond donors (Lipinski definition) is 2. The van der Waals surface area contributed by atoms with Crippen molar-refractivity contribution in [3.8, 4) is 11.1 Å². The van der Waals surface area contributed by atoms with E-state index in [4.69, 9.17) is 17.0 Å². The van der Waals surface area contributed by atoms with Crippen molar-refractivity contribution >= 4 is 39.6 Å². The minimum absolute atomic E-state index is 0.304. The summed E-state index contributed by atoms with van der Waals surface area (Å²) >= 11 is 7.27. The van der Waals surface area contributed by atoms with Crippen LogP contribution in [0.3, 0.4) is 0 Å². The van der Waals surface area contributed by atoms with Crippen molar-refractivity contribution in [2.45, 2.75) is 52.4 Å². The zero-order valence-electron chi connectivity index (χ0n) is 18.9. The van der Waals surface area contributed by atoms with Gasteiger partial charge in [-0.2, -0.15) is 0 Å². The molecule has 0 aliphatic heterocycles. The van der Waals surface area contributed by atoms with Crippen LogP contribution in [0.1, 0.15) is 60.7 Å². The molecule has 2 aromatic rings. The Morgan fingerprint density at radius 2 is 1.75 bits per heavy atom. The van der Waals surface area contributed by atoms with Crippen LogP contribution >= 0.6 is 23.6 Å². The lowest BCUT2D eigenvalue weighted by Gasteiger charge is -2.57. The largest absolute Gasteiger partial charge is 0.462 e. The minimum atomic E-state index is -0.304. The van der Waals surface area contributed by atoms with Crippen LogP contribution in [0.2, 0.25) is 0 Å². The van der Waals surface area contributed by atoms with Crippen LogP contribution < -0.4 is 10.6 Å². The summed E-state index contributed by atoms with van der Waals surface area (Å²) in [7, 11) is 0. The van der Waals surface area contributed by atoms with E-state index in [0.717, 1.165) is 45.3 Å². The fourth-order valence-corrected chi connectivity index (χ4v) is 8.21. The van der Waals surface area contributed by atoms with Gasteiger partial charge in [0.05, 0.1) is 6.61 Å². The Morgan fingerprint density at radius 1 is 1.12 bits per heavy atom. The molecule has 0 amide bonds. The third-order valence-electron chi connectivity index (χ3n) is 7.64. The van der Waals surface area contributed by atoms with Crippen molar-refractivity contribution in [3.63, 3.8) is 0 Å². The summed E-state index contributed by atoms with van der Waals surface area (Å²) in [6, 6.07) is 10.0. The lowest BCUT2D eigenvalue weighted by molar-refractivity contribution is -0.0490. The molecule has 4 aliphatic rings. The lowest BCUT2D eigenvalue weighted by atomic mass is 9.49. The normalized spacial score (nSPS) is 27.9. The summed E-state index contributed by atoms with van der Waals surface area (Å²) in [6.45, 7) is 5.17. The maximum absolute atomic E-state index is 12.9. The number of hydrogen-bond acceptors (Lipinski definition) is 4. The second-order valence-electron chi connectivity index (χ2n) is 10.0. The van der Waals surface area contributed by atoms with Crippen LogP contribution in [0.5, 0.6) is 0 Å². The van der Waals surface area contributed by atoms with Crippen molar-refractivity contribution in [1.82, 2.24) is 5.32 Å². The minimum Gasteiger partial charge on any atom is -0.462 e. The van der Waals surface area contributed by atoms with Gasteiger partial charge in [-0.1, -0.05) is 30.3 Å². The third kappa shape index (κ3) is 4.19. The van der Waals surface area contributed by atoms with E-state index in [1.807, 2.05) is 44.2 Å². The van der Waals surface area contributed by atoms with Gasteiger partial charge in [-0.3, -0.25) is 0 Å². The fourth-order valence-electron chi connectivity index (χ4n) is 6.90. The standard InChI is InChI=1S/C26H32N2O2S2/c1-3-30-24(29)22-21(20-7-5-4-6-8-20)16(2)32-23(22)28-25(31)27-15-26-12-17-9-18(13-26)11-19(10-17)14-26/h4-8,17-19H,3,9-15H2,1-2H3,(H2,27,28,31). The lowest BCUT2D eigenvalue weighted by Crippen LogP contribution is -2.51. The molecule has 1 aromatic carbocycles. The molecule has 0 spiro atoms. The SMILES string of the molecule is CCOC(=O)c1c(NC(=S)NCC23CC4CC(CC(C4)C2)C3)sc(C)c1-c1ccccc1. The number of ether oxygens (including phenoxy) is 1. The van der Waals surface area contributed by atoms with Crippen molar-refractivity contribution in [3.05, 3.63) is 40.8 Å². The van der Waals surface area contributed by atoms with Gasteiger partial charge < -0.3 is 15.4 Å². The van der Waals surface area contributed by atoms with E-state index in [1.165, 1.54) is 38.5 Å². The van der Waals surface area contributed by atoms with E-state index in [2.05, 4.69) is 10.6 Å². The first-order chi connectivity index (χ1) is 15.5. The highest BCUT2D eigenvalue weighted by Gasteiger charge is 2.50. The topological polar surface area (TPSA) is 50.4 Å². The summed E-state index contributed by atoms with van der Waals surface area (Å²) in [5, 5.41) is 8.25. The van der Waals surface area contributed by atoms with Crippen molar-refractivity contribution in [1.29, 1.82) is 0 Å². The second-order valence-corrected chi connectivity index (χ2v) is 11.7. The molecule has 0 saturated heterocycles. The Morgan fingerprint density at radius 3 is 2.34 bits per heavy atom. The molecule has 0 radical (unpaired) electrons. The van der Waals surface area contributed by atoms with Gasteiger partial charge in [0.15, 0.2) is 5.11 Å². The van der Waals surface area contributed by atoms with Crippen molar-refractivity contribution < 1.29 is 9.53 Å². The molecule has 6 rings (SSSR count). The van der Waals surface area contributed by atoms with Gasteiger partial charge in [-0.05, 0) is 93.3 Å². The molecule has 2 N–H and O–H groups in total. The number of carbonyl (C=O) groups excluding carboxylic acids is 1. The van der Waals surface area contributed by atoms with E-state index in [1.54, 1.807) is 11.3 Å². The number of thiophene rings is 1. The first kappa shape index (κ1) is 21.9. The summed E-state index contributed by atoms with van der Waals surface area (Å²) in [4.78, 5) is 14.0. The molecule has 4 saturated carbocycles. The van der Waals surface area contributed by atoms with Crippen molar-refractivity contribution in [2.75, 3.05) is 18.5 Å². The average Bonchev–Trinajstić information content (AvgIpc) is 3.08. The molecule has 4 nitrogen and oxygen atoms in total. The second kappa shape index (κ2) is 8.79. The molecular weight excluding hydrogens is 436 g/mol. The highest BCUT2D eigenvalue weighted by Crippen LogP contribution is 2.59. The molecule has 4 fully saturated rings. The number of thiocarbonyl (C=S) groups is 1. The number of benzene rings is 1. The number of esters is 1. The Labute approximate surface area is 200 Å². The van der Waals surface area contributed by atoms with Gasteiger partial charge in [-0.25, -0.2) is 4.79 Å². The van der Waals surface area contributed by atoms with Crippen molar-refractivity contribution in [2.24, 2.45) is 23.2 Å². The third-order valence-corrected chi connectivity index (χ3v) is 8.91. The van der Waals surface area contributed by atoms with Crippen LogP contribution in [0.15, 0.2) is 30.3 Å². The predicted molar refractivity (Wildman–Crippen MR) is 135 cm³/mol. The highest BCUT2D eigenvalue weighted by atomic mass is 32.1. The predicted octanol–water partition coefficient (Wildman–Crippen LogP) is 6.40. The van der Waals surface area contributed by atoms with E-state index in [-0.39, 0.29) is 5.97 Å². The molecule has 4 bridgehead atoms. The van der Waals surface area contributed by atoms with Crippen LogP contribution in [-0.2, 0) is 4.74 Å². The average molecular weight is 469 g/mol. The van der Waals surface area contributed by atoms with Gasteiger partial charge in [0.2, 0.25) is 0 Å². The zero-order valence-corrected chi connectivity index (χ0v) is 20.5. The number of aryl methyl sites for hydroxylation is 1. The monoisotopic (exact) mass is 468 g/mol. The Bertz CT molecular complexity index is 979. The molecule has 1 heterocycles. The van der Waals surface area contributed by atoms with E-state index in [0.29, 0.717) is 22.7 Å². The molecule has 4 aliphatic carbocycles. The molecule has 170 valence electrons. The summed E-state index contributed by atoms with van der Waals surface area (Å²) < 4.78 is 5.41. The Kier molecular flexibility index (Phi) is 6.01. The summed E-state index contributed by atoms with van der Waals surface area (Å²) in [5.74, 6) is 2.47. The maximum atomic E-state index is 12.9. The zero-order chi connectivity index (χ0) is 22.3. The van der Waals surface area contributed by atoms with Gasteiger partial charge in [-0.15, -0.1) is 11.3 Å². The summed E-state index contributed by atoms with van der Waals surface area (Å²) in [6.07, 6.45) is 8.38. The first-order valence-corrected chi connectivity index (χ1v) is 13.1. The molecule has 0 atom stereocenters. The van der Waals surface area contributed by atoms with Gasteiger partial charge in [0.25, 0.3) is 0 Å². The van der Waals surface area contributed by atoms with E-state index < -0.39 is 0 Å². The first-order valence-electron chi connectivity index (χ1n) is 11.9. The molecule has 32 heavy (non-hydrogen) atoms. The van der Waals surface area contributed by atoms with E-state index in [9.17, 15) is 4.79 Å². The smallest absolute Gasteiger partial charge is 0.341 e. The fraction of sp³-hybridized carbons (Fsp3) is 0.538. The molecular formula is C26H32N2O2S2. The molecule has 0 unspecified atom stereocenters. The summed E-state index contributed by atoms with van der Waals surface area (Å²) in [5.41, 5.74) is 2.94. The number of nitrogens with one attached hydrogen (secondary N) is 2. The quantitative estimate of drug-likeness (QED) is 0.379. The highest BCUT2D eigenvalue weighted by molar-refractivity contribution is 7.80. The number of anilines is 1. The van der Waals surface area contributed by atoms with Crippen LogP contribution in [0, 0.1) is 30.1 Å².